The van der Waals surface area contributed by atoms with Gasteiger partial charge in [0.15, 0.2) is 4.77 Å². The minimum absolute atomic E-state index is 0.0263. The highest BCUT2D eigenvalue weighted by Gasteiger charge is 2.20. The summed E-state index contributed by atoms with van der Waals surface area (Å²) < 4.78 is 11.6. The highest BCUT2D eigenvalue weighted by Crippen LogP contribution is 2.18. The molecule has 3 aromatic rings. The molecule has 0 radical (unpaired) electrons. The number of hydrogen-bond donors (Lipinski definition) is 2. The zero-order valence-corrected chi connectivity index (χ0v) is 18.9. The summed E-state index contributed by atoms with van der Waals surface area (Å²) >= 11 is 5.40. The third kappa shape index (κ3) is 4.34. The largest absolute Gasteiger partial charge is 0.481 e. The van der Waals surface area contributed by atoms with Crippen molar-refractivity contribution in [1.29, 1.82) is 0 Å². The van der Waals surface area contributed by atoms with E-state index in [1.807, 2.05) is 0 Å². The van der Waals surface area contributed by atoms with Crippen molar-refractivity contribution in [2.24, 2.45) is 0 Å². The molecule has 10 nitrogen and oxygen atoms in total. The second-order valence-electron chi connectivity index (χ2n) is 7.63. The van der Waals surface area contributed by atoms with Crippen LogP contribution in [0.1, 0.15) is 23.2 Å². The Bertz CT molecular complexity index is 1260. The Morgan fingerprint density at radius 1 is 1.16 bits per heavy atom. The van der Waals surface area contributed by atoms with Gasteiger partial charge in [0.1, 0.15) is 0 Å². The Morgan fingerprint density at radius 3 is 2.44 bits per heavy atom. The number of H-pyrrole nitrogens is 1. The average Bonchev–Trinajstić information content (AvgIpc) is 2.79. The number of hydrogen-bond acceptors (Lipinski definition) is 8. The number of aromatic nitrogens is 4. The van der Waals surface area contributed by atoms with Gasteiger partial charge in [-0.2, -0.15) is 9.97 Å². The SMILES string of the molecule is COc1cc(OC)nc(-n2c(=S)[nH]c3cc(C(=O)NC4CCN(C)CC4)ccc3c2=O)n1. The molecule has 0 saturated carbocycles. The van der Waals surface area contributed by atoms with E-state index in [1.165, 1.54) is 24.9 Å². The van der Waals surface area contributed by atoms with Crippen LogP contribution in [0.25, 0.3) is 16.9 Å². The Labute approximate surface area is 189 Å². The van der Waals surface area contributed by atoms with Crippen molar-refractivity contribution in [1.82, 2.24) is 29.7 Å². The molecule has 1 aliphatic rings. The molecule has 0 bridgehead atoms. The number of aromatic amines is 1. The van der Waals surface area contributed by atoms with Gasteiger partial charge >= 0.3 is 0 Å². The number of fused-ring (bicyclic) bond motifs is 1. The minimum Gasteiger partial charge on any atom is -0.481 e. The highest BCUT2D eigenvalue weighted by atomic mass is 32.1. The molecular weight excluding hydrogens is 432 g/mol. The predicted octanol–water partition coefficient (Wildman–Crippen LogP) is 1.68. The van der Waals surface area contributed by atoms with E-state index in [2.05, 4.69) is 32.2 Å². The summed E-state index contributed by atoms with van der Waals surface area (Å²) in [5, 5.41) is 3.42. The molecule has 0 aliphatic carbocycles. The van der Waals surface area contributed by atoms with Crippen molar-refractivity contribution in [3.05, 3.63) is 45.0 Å². The van der Waals surface area contributed by atoms with Crippen molar-refractivity contribution in [2.45, 2.75) is 18.9 Å². The zero-order chi connectivity index (χ0) is 22.8. The number of carbonyl (C=O) groups excluding carboxylic acids is 1. The number of amides is 1. The van der Waals surface area contributed by atoms with E-state index in [0.29, 0.717) is 16.5 Å². The molecule has 4 rings (SSSR count). The smallest absolute Gasteiger partial charge is 0.269 e. The van der Waals surface area contributed by atoms with Crippen LogP contribution in [0.3, 0.4) is 0 Å². The van der Waals surface area contributed by atoms with Gasteiger partial charge in [0.2, 0.25) is 17.7 Å². The summed E-state index contributed by atoms with van der Waals surface area (Å²) in [7, 11) is 4.98. The van der Waals surface area contributed by atoms with Crippen LogP contribution < -0.4 is 20.3 Å². The summed E-state index contributed by atoms with van der Waals surface area (Å²) in [6.07, 6.45) is 1.82. The first kappa shape index (κ1) is 21.9. The van der Waals surface area contributed by atoms with E-state index in [9.17, 15) is 9.59 Å². The lowest BCUT2D eigenvalue weighted by Gasteiger charge is -2.29. The van der Waals surface area contributed by atoms with Crippen LogP contribution >= 0.6 is 12.2 Å². The molecule has 32 heavy (non-hydrogen) atoms. The van der Waals surface area contributed by atoms with Crippen LogP contribution in [-0.4, -0.2) is 70.7 Å². The van der Waals surface area contributed by atoms with Gasteiger partial charge < -0.3 is 24.7 Å². The fourth-order valence-electron chi connectivity index (χ4n) is 3.66. The monoisotopic (exact) mass is 456 g/mol. The summed E-state index contributed by atoms with van der Waals surface area (Å²) in [6.45, 7) is 1.90. The molecule has 0 atom stereocenters. The zero-order valence-electron chi connectivity index (χ0n) is 18.0. The van der Waals surface area contributed by atoms with E-state index in [1.54, 1.807) is 18.2 Å². The fourth-order valence-corrected chi connectivity index (χ4v) is 3.94. The highest BCUT2D eigenvalue weighted by molar-refractivity contribution is 7.71. The summed E-state index contributed by atoms with van der Waals surface area (Å²) in [5.41, 5.74) is 0.502. The maximum atomic E-state index is 13.2. The predicted molar refractivity (Wildman–Crippen MR) is 121 cm³/mol. The number of ether oxygens (including phenoxy) is 2. The number of nitrogens with zero attached hydrogens (tertiary/aromatic N) is 4. The van der Waals surface area contributed by atoms with Gasteiger partial charge in [-0.1, -0.05) is 0 Å². The lowest BCUT2D eigenvalue weighted by molar-refractivity contribution is 0.0917. The van der Waals surface area contributed by atoms with Gasteiger partial charge in [-0.3, -0.25) is 9.59 Å². The Morgan fingerprint density at radius 2 is 1.81 bits per heavy atom. The van der Waals surface area contributed by atoms with E-state index < -0.39 is 5.56 Å². The maximum Gasteiger partial charge on any atom is 0.269 e. The van der Waals surface area contributed by atoms with Crippen LogP contribution in [0.5, 0.6) is 11.8 Å². The first-order valence-corrected chi connectivity index (χ1v) is 10.6. The van der Waals surface area contributed by atoms with Gasteiger partial charge in [0.05, 0.1) is 31.2 Å². The number of benzene rings is 1. The molecule has 0 unspecified atom stereocenters. The van der Waals surface area contributed by atoms with E-state index >= 15 is 0 Å². The van der Waals surface area contributed by atoms with E-state index in [-0.39, 0.29) is 34.4 Å². The second kappa shape index (κ2) is 9.05. The van der Waals surface area contributed by atoms with E-state index in [0.717, 1.165) is 25.9 Å². The molecule has 11 heteroatoms. The lowest BCUT2D eigenvalue weighted by Crippen LogP contribution is -2.43. The van der Waals surface area contributed by atoms with Crippen LogP contribution in [0.15, 0.2) is 29.1 Å². The lowest BCUT2D eigenvalue weighted by atomic mass is 10.0. The van der Waals surface area contributed by atoms with Gasteiger partial charge in [-0.05, 0) is 63.4 Å². The van der Waals surface area contributed by atoms with Crippen LogP contribution in [0.4, 0.5) is 0 Å². The molecule has 1 aromatic carbocycles. The molecule has 168 valence electrons. The molecule has 3 heterocycles. The van der Waals surface area contributed by atoms with Crippen LogP contribution in [0, 0.1) is 4.77 Å². The molecule has 1 fully saturated rings. The third-order valence-electron chi connectivity index (χ3n) is 5.50. The minimum atomic E-state index is -0.415. The number of rotatable bonds is 5. The summed E-state index contributed by atoms with van der Waals surface area (Å²) in [6, 6.07) is 6.50. The van der Waals surface area contributed by atoms with Gasteiger partial charge in [0, 0.05) is 11.6 Å². The van der Waals surface area contributed by atoms with Crippen LogP contribution in [0.2, 0.25) is 0 Å². The number of likely N-dealkylation sites (tertiary alicyclic amines) is 1. The standard InChI is InChI=1S/C21H24N6O4S/c1-26-8-6-13(7-9-26)22-18(28)12-4-5-14-15(10-12)23-21(32)27(19(14)29)20-24-16(30-2)11-17(25-20)31-3/h4-5,10-11,13H,6-9H2,1-3H3,(H,22,28)(H,23,32). The number of methoxy groups -OCH3 is 2. The van der Waals surface area contributed by atoms with Gasteiger partial charge in [0.25, 0.3) is 11.5 Å². The number of nitrogens with one attached hydrogen (secondary N) is 2. The normalized spacial score (nSPS) is 15.0. The molecule has 1 aliphatic heterocycles. The maximum absolute atomic E-state index is 13.2. The Balaban J connectivity index is 1.69. The molecule has 2 aromatic heterocycles. The second-order valence-corrected chi connectivity index (χ2v) is 8.02. The number of carbonyl (C=O) groups is 1. The topological polar surface area (TPSA) is 114 Å². The van der Waals surface area contributed by atoms with Crippen molar-refractivity contribution >= 4 is 29.0 Å². The van der Waals surface area contributed by atoms with Crippen LogP contribution in [-0.2, 0) is 0 Å². The quantitative estimate of drug-likeness (QED) is 0.558. The number of piperidine rings is 1. The average molecular weight is 457 g/mol. The Hall–Kier alpha value is -3.31. The summed E-state index contributed by atoms with van der Waals surface area (Å²) in [5.74, 6) is 0.313. The molecular formula is C21H24N6O4S. The molecule has 2 N–H and O–H groups in total. The third-order valence-corrected chi connectivity index (χ3v) is 5.78. The van der Waals surface area contributed by atoms with Crippen molar-refractivity contribution < 1.29 is 14.3 Å². The van der Waals surface area contributed by atoms with Crippen molar-refractivity contribution in [3.8, 4) is 17.7 Å². The van der Waals surface area contributed by atoms with Gasteiger partial charge in [-0.15, -0.1) is 0 Å². The van der Waals surface area contributed by atoms with Crippen molar-refractivity contribution in [2.75, 3.05) is 34.4 Å². The molecule has 1 saturated heterocycles. The summed E-state index contributed by atoms with van der Waals surface area (Å²) in [4.78, 5) is 39.6. The fraction of sp³-hybridized carbons (Fsp3) is 0.381. The van der Waals surface area contributed by atoms with E-state index in [4.69, 9.17) is 21.7 Å². The van der Waals surface area contributed by atoms with Crippen molar-refractivity contribution in [3.63, 3.8) is 0 Å². The first-order valence-electron chi connectivity index (χ1n) is 10.2. The molecule has 0 spiro atoms. The molecule has 1 amide bonds. The van der Waals surface area contributed by atoms with Gasteiger partial charge in [-0.25, -0.2) is 4.57 Å². The Kier molecular flexibility index (Phi) is 6.19. The first-order chi connectivity index (χ1) is 15.4.